The van der Waals surface area contributed by atoms with Crippen molar-refractivity contribution in [2.75, 3.05) is 19.3 Å². The SMILES string of the molecule is CNCCS(=O)(=O)NC1CCCC1C. The van der Waals surface area contributed by atoms with Crippen LogP contribution in [0.15, 0.2) is 0 Å². The smallest absolute Gasteiger partial charge is 0.213 e. The molecule has 2 unspecified atom stereocenters. The average Bonchev–Trinajstić information content (AvgIpc) is 2.48. The van der Waals surface area contributed by atoms with Crippen LogP contribution in [0.5, 0.6) is 0 Å². The third-order valence-corrected chi connectivity index (χ3v) is 4.22. The van der Waals surface area contributed by atoms with Gasteiger partial charge in [0.1, 0.15) is 0 Å². The zero-order valence-electron chi connectivity index (χ0n) is 8.91. The predicted octanol–water partition coefficient (Wildman–Crippen LogP) is 0.314. The fourth-order valence-electron chi connectivity index (χ4n) is 1.85. The van der Waals surface area contributed by atoms with Crippen molar-refractivity contribution in [1.29, 1.82) is 0 Å². The largest absolute Gasteiger partial charge is 0.319 e. The van der Waals surface area contributed by atoms with E-state index in [1.54, 1.807) is 7.05 Å². The fraction of sp³-hybridized carbons (Fsp3) is 1.00. The van der Waals surface area contributed by atoms with Crippen LogP contribution in [0.25, 0.3) is 0 Å². The second kappa shape index (κ2) is 5.09. The highest BCUT2D eigenvalue weighted by Gasteiger charge is 2.26. The van der Waals surface area contributed by atoms with Gasteiger partial charge in [0.05, 0.1) is 5.75 Å². The van der Waals surface area contributed by atoms with Crippen LogP contribution < -0.4 is 10.0 Å². The van der Waals surface area contributed by atoms with Crippen molar-refractivity contribution in [3.8, 4) is 0 Å². The standard InChI is InChI=1S/C9H20N2O2S/c1-8-4-3-5-9(8)11-14(12,13)7-6-10-2/h8-11H,3-7H2,1-2H3. The van der Waals surface area contributed by atoms with E-state index in [0.29, 0.717) is 12.5 Å². The normalized spacial score (nSPS) is 28.1. The minimum Gasteiger partial charge on any atom is -0.319 e. The van der Waals surface area contributed by atoms with Crippen LogP contribution in [0.4, 0.5) is 0 Å². The highest BCUT2D eigenvalue weighted by molar-refractivity contribution is 7.89. The maximum Gasteiger partial charge on any atom is 0.213 e. The molecule has 0 spiro atoms. The Labute approximate surface area is 86.5 Å². The van der Waals surface area contributed by atoms with Gasteiger partial charge < -0.3 is 5.32 Å². The lowest BCUT2D eigenvalue weighted by atomic mass is 10.1. The first-order valence-corrected chi connectivity index (χ1v) is 6.85. The lowest BCUT2D eigenvalue weighted by Gasteiger charge is -2.17. The van der Waals surface area contributed by atoms with Crippen LogP contribution in [0.1, 0.15) is 26.2 Å². The van der Waals surface area contributed by atoms with Gasteiger partial charge in [-0.3, -0.25) is 0 Å². The molecule has 1 fully saturated rings. The molecule has 0 aromatic heterocycles. The first kappa shape index (κ1) is 11.9. The number of sulfonamides is 1. The Bertz CT molecular complexity index is 264. The van der Waals surface area contributed by atoms with E-state index in [-0.39, 0.29) is 11.8 Å². The summed E-state index contributed by atoms with van der Waals surface area (Å²) in [5.74, 6) is 0.659. The Kier molecular flexibility index (Phi) is 4.34. The second-order valence-corrected chi connectivity index (χ2v) is 5.93. The quantitative estimate of drug-likeness (QED) is 0.701. The average molecular weight is 220 g/mol. The van der Waals surface area contributed by atoms with E-state index in [4.69, 9.17) is 0 Å². The van der Waals surface area contributed by atoms with Crippen LogP contribution >= 0.6 is 0 Å². The van der Waals surface area contributed by atoms with Crippen LogP contribution in [0, 0.1) is 5.92 Å². The molecule has 0 heterocycles. The Morgan fingerprint density at radius 2 is 2.07 bits per heavy atom. The summed E-state index contributed by atoms with van der Waals surface area (Å²) in [5.41, 5.74) is 0. The van der Waals surface area contributed by atoms with Gasteiger partial charge in [-0.05, 0) is 25.8 Å². The summed E-state index contributed by atoms with van der Waals surface area (Å²) in [6.07, 6.45) is 3.26. The van der Waals surface area contributed by atoms with Crippen molar-refractivity contribution in [3.63, 3.8) is 0 Å². The van der Waals surface area contributed by atoms with Gasteiger partial charge in [0.25, 0.3) is 0 Å². The summed E-state index contributed by atoms with van der Waals surface area (Å²) in [6, 6.07) is 0.164. The lowest BCUT2D eigenvalue weighted by Crippen LogP contribution is -2.39. The van der Waals surface area contributed by atoms with Gasteiger partial charge in [0.15, 0.2) is 0 Å². The zero-order chi connectivity index (χ0) is 10.6. The van der Waals surface area contributed by atoms with Crippen LogP contribution in [0.3, 0.4) is 0 Å². The second-order valence-electron chi connectivity index (χ2n) is 4.05. The summed E-state index contributed by atoms with van der Waals surface area (Å²) in [4.78, 5) is 0. The van der Waals surface area contributed by atoms with E-state index < -0.39 is 10.0 Å². The number of hydrogen-bond acceptors (Lipinski definition) is 3. The van der Waals surface area contributed by atoms with E-state index >= 15 is 0 Å². The van der Waals surface area contributed by atoms with E-state index in [1.165, 1.54) is 0 Å². The molecule has 0 aliphatic heterocycles. The fourth-order valence-corrected chi connectivity index (χ4v) is 3.25. The third kappa shape index (κ3) is 3.55. The van der Waals surface area contributed by atoms with Crippen molar-refractivity contribution in [2.24, 2.45) is 5.92 Å². The van der Waals surface area contributed by atoms with Gasteiger partial charge in [-0.1, -0.05) is 13.3 Å². The molecule has 2 atom stereocenters. The molecule has 1 aliphatic rings. The van der Waals surface area contributed by atoms with Gasteiger partial charge in [-0.25, -0.2) is 13.1 Å². The number of rotatable bonds is 5. The molecule has 4 nitrogen and oxygen atoms in total. The highest BCUT2D eigenvalue weighted by Crippen LogP contribution is 2.25. The van der Waals surface area contributed by atoms with Crippen LogP contribution in [0.2, 0.25) is 0 Å². The van der Waals surface area contributed by atoms with Gasteiger partial charge in [0, 0.05) is 12.6 Å². The third-order valence-electron chi connectivity index (χ3n) is 2.81. The number of nitrogens with one attached hydrogen (secondary N) is 2. The summed E-state index contributed by atoms with van der Waals surface area (Å²) in [5, 5.41) is 2.84. The van der Waals surface area contributed by atoms with E-state index in [1.807, 2.05) is 0 Å². The van der Waals surface area contributed by atoms with Gasteiger partial charge in [0.2, 0.25) is 10.0 Å². The predicted molar refractivity (Wildman–Crippen MR) is 57.7 cm³/mol. The van der Waals surface area contributed by atoms with Crippen LogP contribution in [-0.4, -0.2) is 33.8 Å². The van der Waals surface area contributed by atoms with Crippen molar-refractivity contribution in [2.45, 2.75) is 32.2 Å². The Morgan fingerprint density at radius 3 is 2.57 bits per heavy atom. The minimum absolute atomic E-state index is 0.164. The summed E-state index contributed by atoms with van der Waals surface area (Å²) in [6.45, 7) is 2.62. The molecule has 0 aromatic rings. The van der Waals surface area contributed by atoms with Crippen LogP contribution in [-0.2, 0) is 10.0 Å². The molecule has 2 N–H and O–H groups in total. The summed E-state index contributed by atoms with van der Waals surface area (Å²) >= 11 is 0. The topological polar surface area (TPSA) is 58.2 Å². The zero-order valence-corrected chi connectivity index (χ0v) is 9.73. The minimum atomic E-state index is -3.07. The molecule has 14 heavy (non-hydrogen) atoms. The summed E-state index contributed by atoms with van der Waals surface area (Å²) < 4.78 is 25.9. The van der Waals surface area contributed by atoms with E-state index in [0.717, 1.165) is 19.3 Å². The maximum atomic E-state index is 11.5. The molecule has 0 radical (unpaired) electrons. The lowest BCUT2D eigenvalue weighted by molar-refractivity contribution is 0.476. The maximum absolute atomic E-state index is 11.5. The molecule has 1 saturated carbocycles. The molecule has 5 heteroatoms. The summed E-state index contributed by atoms with van der Waals surface area (Å²) in [7, 11) is -1.31. The molecule has 84 valence electrons. The molecule has 0 aromatic carbocycles. The van der Waals surface area contributed by atoms with Crippen molar-refractivity contribution >= 4 is 10.0 Å². The molecular formula is C9H20N2O2S. The molecule has 0 amide bonds. The first-order valence-electron chi connectivity index (χ1n) is 5.20. The van der Waals surface area contributed by atoms with E-state index in [2.05, 4.69) is 17.0 Å². The Balaban J connectivity index is 2.42. The number of hydrogen-bond donors (Lipinski definition) is 2. The Hall–Kier alpha value is -0.130. The van der Waals surface area contributed by atoms with Crippen molar-refractivity contribution < 1.29 is 8.42 Å². The van der Waals surface area contributed by atoms with Gasteiger partial charge >= 0.3 is 0 Å². The monoisotopic (exact) mass is 220 g/mol. The molecule has 0 saturated heterocycles. The van der Waals surface area contributed by atoms with Crippen molar-refractivity contribution in [3.05, 3.63) is 0 Å². The highest BCUT2D eigenvalue weighted by atomic mass is 32.2. The van der Waals surface area contributed by atoms with E-state index in [9.17, 15) is 8.42 Å². The molecule has 1 aliphatic carbocycles. The molecule has 0 bridgehead atoms. The van der Waals surface area contributed by atoms with Crippen molar-refractivity contribution in [1.82, 2.24) is 10.0 Å². The first-order chi connectivity index (χ1) is 6.55. The molecular weight excluding hydrogens is 200 g/mol. The Morgan fingerprint density at radius 1 is 1.36 bits per heavy atom. The molecule has 1 rings (SSSR count). The van der Waals surface area contributed by atoms with Gasteiger partial charge in [-0.15, -0.1) is 0 Å². The van der Waals surface area contributed by atoms with Gasteiger partial charge in [-0.2, -0.15) is 0 Å².